The Morgan fingerprint density at radius 3 is 2.96 bits per heavy atom. The topological polar surface area (TPSA) is 89.6 Å². The molecule has 2 aromatic heterocycles. The van der Waals surface area contributed by atoms with Crippen LogP contribution in [0.15, 0.2) is 45.3 Å². The molecule has 7 nitrogen and oxygen atoms in total. The minimum absolute atomic E-state index is 0.129. The Bertz CT molecular complexity index is 886. The summed E-state index contributed by atoms with van der Waals surface area (Å²) < 4.78 is 10.1. The van der Waals surface area contributed by atoms with E-state index < -0.39 is 5.97 Å². The quantitative estimate of drug-likeness (QED) is 0.411. The van der Waals surface area contributed by atoms with Crippen LogP contribution in [-0.2, 0) is 4.74 Å². The molecule has 3 aromatic rings. The number of hydrogen-bond donors (Lipinski definition) is 1. The lowest BCUT2D eigenvalue weighted by Gasteiger charge is -1.99. The Morgan fingerprint density at radius 1 is 1.40 bits per heavy atom. The predicted octanol–water partition coefficient (Wildman–Crippen LogP) is 3.73. The monoisotopic (exact) mass is 356 g/mol. The second kappa shape index (κ2) is 7.71. The molecule has 0 atom stereocenters. The lowest BCUT2D eigenvalue weighted by Crippen LogP contribution is -2.06. The van der Waals surface area contributed by atoms with Crippen molar-refractivity contribution < 1.29 is 14.1 Å². The van der Waals surface area contributed by atoms with E-state index in [4.69, 9.17) is 9.26 Å². The molecule has 0 radical (unpaired) electrons. The molecule has 0 aliphatic heterocycles. The molecule has 0 aliphatic carbocycles. The summed E-state index contributed by atoms with van der Waals surface area (Å²) in [4.78, 5) is 16.4. The Morgan fingerprint density at radius 2 is 2.20 bits per heavy atom. The van der Waals surface area contributed by atoms with Crippen LogP contribution in [0.1, 0.15) is 28.7 Å². The molecule has 2 heterocycles. The third-order valence-corrected chi connectivity index (χ3v) is 4.01. The fourth-order valence-electron chi connectivity index (χ4n) is 2.15. The summed E-state index contributed by atoms with van der Waals surface area (Å²) in [6.45, 7) is 3.73. The van der Waals surface area contributed by atoms with Gasteiger partial charge >= 0.3 is 5.97 Å². The maximum atomic E-state index is 12.0. The van der Waals surface area contributed by atoms with Gasteiger partial charge in [0, 0.05) is 5.38 Å². The first-order valence-electron chi connectivity index (χ1n) is 7.62. The zero-order valence-corrected chi connectivity index (χ0v) is 14.5. The molecule has 8 heteroatoms. The van der Waals surface area contributed by atoms with Crippen molar-refractivity contribution in [3.63, 3.8) is 0 Å². The van der Waals surface area contributed by atoms with Crippen molar-refractivity contribution in [1.29, 1.82) is 0 Å². The van der Waals surface area contributed by atoms with E-state index in [1.807, 2.05) is 35.7 Å². The average Bonchev–Trinajstić information content (AvgIpc) is 3.22. The Kier molecular flexibility index (Phi) is 5.20. The number of aromatic nitrogens is 2. The predicted molar refractivity (Wildman–Crippen MR) is 96.0 cm³/mol. The van der Waals surface area contributed by atoms with E-state index >= 15 is 0 Å². The van der Waals surface area contributed by atoms with Crippen molar-refractivity contribution >= 4 is 28.7 Å². The van der Waals surface area contributed by atoms with Crippen LogP contribution in [-0.4, -0.2) is 28.9 Å². The third-order valence-electron chi connectivity index (χ3n) is 3.27. The summed E-state index contributed by atoms with van der Waals surface area (Å²) in [6, 6.07) is 9.72. The Labute approximate surface area is 148 Å². The lowest BCUT2D eigenvalue weighted by atomic mass is 10.1. The highest BCUT2D eigenvalue weighted by molar-refractivity contribution is 7.14. The maximum absolute atomic E-state index is 12.0. The lowest BCUT2D eigenvalue weighted by molar-refractivity contribution is 0.0515. The zero-order valence-electron chi connectivity index (χ0n) is 13.7. The number of thiazole rings is 1. The molecule has 0 spiro atoms. The van der Waals surface area contributed by atoms with E-state index in [0.29, 0.717) is 22.1 Å². The van der Waals surface area contributed by atoms with E-state index in [-0.39, 0.29) is 12.3 Å². The Hall–Kier alpha value is -3.00. The summed E-state index contributed by atoms with van der Waals surface area (Å²) in [7, 11) is 0. The van der Waals surface area contributed by atoms with E-state index in [1.165, 1.54) is 11.3 Å². The molecule has 3 rings (SSSR count). The average molecular weight is 356 g/mol. The molecule has 128 valence electrons. The van der Waals surface area contributed by atoms with Crippen molar-refractivity contribution in [2.45, 2.75) is 13.8 Å². The molecule has 0 unspecified atom stereocenters. The molecule has 0 bridgehead atoms. The van der Waals surface area contributed by atoms with Crippen LogP contribution in [0.5, 0.6) is 0 Å². The van der Waals surface area contributed by atoms with Gasteiger partial charge in [0.15, 0.2) is 0 Å². The van der Waals surface area contributed by atoms with Gasteiger partial charge in [0.1, 0.15) is 5.76 Å². The number of hydrogen-bond acceptors (Lipinski definition) is 8. The number of anilines is 1. The highest BCUT2D eigenvalue weighted by Gasteiger charge is 2.24. The summed E-state index contributed by atoms with van der Waals surface area (Å²) in [5, 5.41) is 10.3. The second-order valence-corrected chi connectivity index (χ2v) is 5.86. The summed E-state index contributed by atoms with van der Waals surface area (Å²) in [6.07, 6.45) is 1.70. The smallest absolute Gasteiger partial charge is 0.361 e. The van der Waals surface area contributed by atoms with Gasteiger partial charge < -0.3 is 9.26 Å². The number of nitrogens with one attached hydrogen (secondary N) is 1. The fraction of sp³-hybridized carbons (Fsp3) is 0.176. The molecule has 0 aliphatic rings. The van der Waals surface area contributed by atoms with Gasteiger partial charge in [-0.1, -0.05) is 35.5 Å². The van der Waals surface area contributed by atoms with E-state index in [2.05, 4.69) is 20.7 Å². The van der Waals surface area contributed by atoms with Gasteiger partial charge in [0.25, 0.3) is 0 Å². The van der Waals surface area contributed by atoms with Gasteiger partial charge in [-0.05, 0) is 19.4 Å². The molecule has 1 N–H and O–H groups in total. The highest BCUT2D eigenvalue weighted by atomic mass is 32.1. The van der Waals surface area contributed by atoms with Gasteiger partial charge in [-0.25, -0.2) is 9.78 Å². The molecule has 1 aromatic carbocycles. The van der Waals surface area contributed by atoms with Crippen LogP contribution in [0.3, 0.4) is 0 Å². The maximum Gasteiger partial charge on any atom is 0.361 e. The number of hydrazone groups is 1. The second-order valence-electron chi connectivity index (χ2n) is 5.00. The standard InChI is InChI=1S/C17H16N4O3S/c1-3-23-16(22)15-14(11(2)24-21-15)13-10-25-17(19-13)20-18-9-12-7-5-4-6-8-12/h4-10H,3H2,1-2H3,(H,19,20)/b18-9+. The summed E-state index contributed by atoms with van der Waals surface area (Å²) in [5.41, 5.74) is 5.11. The normalized spacial score (nSPS) is 11.0. The van der Waals surface area contributed by atoms with Crippen molar-refractivity contribution in [2.75, 3.05) is 12.0 Å². The molecular formula is C17H16N4O3S. The highest BCUT2D eigenvalue weighted by Crippen LogP contribution is 2.30. The minimum atomic E-state index is -0.529. The van der Waals surface area contributed by atoms with Crippen molar-refractivity contribution in [2.24, 2.45) is 5.10 Å². The molecule has 0 fully saturated rings. The third kappa shape index (κ3) is 3.92. The van der Waals surface area contributed by atoms with Crippen molar-refractivity contribution in [1.82, 2.24) is 10.1 Å². The number of esters is 1. The molecular weight excluding hydrogens is 340 g/mol. The van der Waals surface area contributed by atoms with E-state index in [1.54, 1.807) is 20.1 Å². The van der Waals surface area contributed by atoms with Crippen LogP contribution in [0, 0.1) is 6.92 Å². The van der Waals surface area contributed by atoms with Gasteiger partial charge in [-0.2, -0.15) is 5.10 Å². The molecule has 25 heavy (non-hydrogen) atoms. The van der Waals surface area contributed by atoms with Gasteiger partial charge in [0.05, 0.1) is 24.1 Å². The van der Waals surface area contributed by atoms with Crippen LogP contribution >= 0.6 is 11.3 Å². The minimum Gasteiger partial charge on any atom is -0.461 e. The van der Waals surface area contributed by atoms with Crippen LogP contribution in [0.4, 0.5) is 5.13 Å². The summed E-state index contributed by atoms with van der Waals surface area (Å²) in [5.74, 6) is -0.0216. The first-order chi connectivity index (χ1) is 12.2. The van der Waals surface area contributed by atoms with Crippen molar-refractivity contribution in [3.05, 3.63) is 52.7 Å². The number of benzene rings is 1. The SMILES string of the molecule is CCOC(=O)c1noc(C)c1-c1csc(N/N=C/c2ccccc2)n1. The first-order valence-corrected chi connectivity index (χ1v) is 8.50. The van der Waals surface area contributed by atoms with Gasteiger partial charge in [0.2, 0.25) is 10.8 Å². The zero-order chi connectivity index (χ0) is 17.6. The largest absolute Gasteiger partial charge is 0.461 e. The number of carbonyl (C=O) groups is 1. The fourth-order valence-corrected chi connectivity index (χ4v) is 2.80. The Balaban J connectivity index is 1.77. The van der Waals surface area contributed by atoms with Crippen LogP contribution in [0.2, 0.25) is 0 Å². The van der Waals surface area contributed by atoms with Crippen LogP contribution < -0.4 is 5.43 Å². The van der Waals surface area contributed by atoms with E-state index in [9.17, 15) is 4.79 Å². The van der Waals surface area contributed by atoms with Crippen LogP contribution in [0.25, 0.3) is 11.3 Å². The van der Waals surface area contributed by atoms with Gasteiger partial charge in [-0.3, -0.25) is 5.43 Å². The number of nitrogens with zero attached hydrogens (tertiary/aromatic N) is 3. The molecule has 0 amide bonds. The molecule has 0 saturated carbocycles. The number of carbonyl (C=O) groups excluding carboxylic acids is 1. The summed E-state index contributed by atoms with van der Waals surface area (Å²) >= 11 is 1.37. The number of aryl methyl sites for hydroxylation is 1. The van der Waals surface area contributed by atoms with Crippen molar-refractivity contribution in [3.8, 4) is 11.3 Å². The molecule has 0 saturated heterocycles. The first kappa shape index (κ1) is 16.8. The number of ether oxygens (including phenoxy) is 1. The van der Waals surface area contributed by atoms with Gasteiger partial charge in [-0.15, -0.1) is 11.3 Å². The number of rotatable bonds is 6. The van der Waals surface area contributed by atoms with E-state index in [0.717, 1.165) is 5.56 Å².